The molecule has 61 heavy (non-hydrogen) atoms. The molecular formula is C40H65N11O9S. The van der Waals surface area contributed by atoms with Gasteiger partial charge in [-0.15, -0.1) is 0 Å². The molecule has 6 atom stereocenters. The van der Waals surface area contributed by atoms with Gasteiger partial charge < -0.3 is 59.1 Å². The standard InChI is InChI=1S/C40H65N11O9S/c1-23(2)19-28(35(55)47-26(13-9-16-44-40(42)43)34(54)49-29(39(59)60)20-25-11-7-6-8-12-25)48-37(57)33(24(3)4)50-32(53)22-45-36(56)30-14-10-17-51(30)38(58)27(15-18-61-5)46-31(52)21-41/h6-8,11-12,23-24,26-30,33H,9-10,13-22,41H2,1-5H3,(H,45,56)(H,46,52)(H,47,55)(H,48,57)(H,49,54)(H,50,53)(H,59,60)(H4,42,43,44)/t26-,27-,28-,29-,30-,33-/m0/s1. The van der Waals surface area contributed by atoms with Crippen LogP contribution in [0.3, 0.4) is 0 Å². The van der Waals surface area contributed by atoms with Gasteiger partial charge in [0.15, 0.2) is 5.96 Å². The summed E-state index contributed by atoms with van der Waals surface area (Å²) >= 11 is 1.50. The molecule has 20 nitrogen and oxygen atoms in total. The van der Waals surface area contributed by atoms with Gasteiger partial charge in [-0.2, -0.15) is 11.8 Å². The van der Waals surface area contributed by atoms with Crippen LogP contribution < -0.4 is 49.1 Å². The number of thioether (sulfide) groups is 1. The molecule has 1 fully saturated rings. The van der Waals surface area contributed by atoms with E-state index in [-0.39, 0.29) is 50.7 Å². The fourth-order valence-corrected chi connectivity index (χ4v) is 7.10. The molecule has 1 aliphatic heterocycles. The van der Waals surface area contributed by atoms with Crippen LogP contribution in [0.1, 0.15) is 71.8 Å². The second-order valence-corrected chi connectivity index (χ2v) is 16.6. The normalized spacial score (nSPS) is 16.0. The van der Waals surface area contributed by atoms with Gasteiger partial charge in [0.1, 0.15) is 36.3 Å². The topological polar surface area (TPSA) is 323 Å². The summed E-state index contributed by atoms with van der Waals surface area (Å²) in [6, 6.07) is 2.13. The van der Waals surface area contributed by atoms with Gasteiger partial charge >= 0.3 is 5.97 Å². The maximum Gasteiger partial charge on any atom is 0.326 e. The number of nitrogens with two attached hydrogens (primary N) is 3. The van der Waals surface area contributed by atoms with E-state index < -0.39 is 96.0 Å². The van der Waals surface area contributed by atoms with E-state index in [4.69, 9.17) is 17.2 Å². The van der Waals surface area contributed by atoms with E-state index in [2.05, 4.69) is 36.9 Å². The molecule has 340 valence electrons. The second kappa shape index (κ2) is 26.7. The number of hydrogen-bond donors (Lipinski definition) is 10. The largest absolute Gasteiger partial charge is 0.480 e. The molecule has 0 saturated carbocycles. The minimum absolute atomic E-state index is 0.0112. The highest BCUT2D eigenvalue weighted by Gasteiger charge is 2.38. The zero-order valence-electron chi connectivity index (χ0n) is 35.7. The predicted molar refractivity (Wildman–Crippen MR) is 231 cm³/mol. The van der Waals surface area contributed by atoms with Crippen molar-refractivity contribution in [2.24, 2.45) is 34.0 Å². The average Bonchev–Trinajstić information content (AvgIpc) is 3.71. The molecule has 1 aromatic carbocycles. The summed E-state index contributed by atoms with van der Waals surface area (Å²) in [6.07, 6.45) is 3.50. The second-order valence-electron chi connectivity index (χ2n) is 15.6. The van der Waals surface area contributed by atoms with Crippen LogP contribution in [0.25, 0.3) is 0 Å². The van der Waals surface area contributed by atoms with Crippen LogP contribution in [0.5, 0.6) is 0 Å². The third-order valence-electron chi connectivity index (χ3n) is 9.77. The van der Waals surface area contributed by atoms with E-state index >= 15 is 0 Å². The number of likely N-dealkylation sites (tertiary alicyclic amines) is 1. The maximum absolute atomic E-state index is 13.9. The third-order valence-corrected chi connectivity index (χ3v) is 10.4. The Balaban J connectivity index is 2.16. The Labute approximate surface area is 361 Å². The molecule has 13 N–H and O–H groups in total. The van der Waals surface area contributed by atoms with E-state index in [1.54, 1.807) is 44.2 Å². The number of carbonyl (C=O) groups excluding carboxylic acids is 7. The van der Waals surface area contributed by atoms with Crippen LogP contribution in [-0.4, -0.2) is 138 Å². The quantitative estimate of drug-likeness (QED) is 0.0283. The Hall–Kier alpha value is -5.44. The van der Waals surface area contributed by atoms with Crippen LogP contribution in [-0.2, 0) is 44.8 Å². The Morgan fingerprint density at radius 3 is 2.07 bits per heavy atom. The van der Waals surface area contributed by atoms with Crippen molar-refractivity contribution in [3.05, 3.63) is 35.9 Å². The Morgan fingerprint density at radius 2 is 1.48 bits per heavy atom. The minimum atomic E-state index is -1.31. The molecule has 1 aliphatic rings. The fraction of sp³-hybridized carbons (Fsp3) is 0.625. The molecular weight excluding hydrogens is 811 g/mol. The van der Waals surface area contributed by atoms with Crippen LogP contribution >= 0.6 is 11.8 Å². The number of amides is 7. The Kier molecular flexibility index (Phi) is 22.6. The lowest BCUT2D eigenvalue weighted by atomic mass is 9.99. The molecule has 2 rings (SSSR count). The molecule has 0 aliphatic carbocycles. The number of carboxylic acid groups (broad SMARTS) is 1. The molecule has 1 heterocycles. The number of nitrogens with zero attached hydrogens (tertiary/aromatic N) is 2. The summed E-state index contributed by atoms with van der Waals surface area (Å²) in [5.74, 6) is -5.79. The zero-order chi connectivity index (χ0) is 45.6. The number of rotatable bonds is 26. The summed E-state index contributed by atoms with van der Waals surface area (Å²) in [5, 5.41) is 25.6. The van der Waals surface area contributed by atoms with Gasteiger partial charge in [0.25, 0.3) is 0 Å². The molecule has 7 amide bonds. The first-order valence-electron chi connectivity index (χ1n) is 20.5. The molecule has 0 spiro atoms. The number of nitrogens with one attached hydrogen (secondary N) is 6. The van der Waals surface area contributed by atoms with Crippen LogP contribution in [0.2, 0.25) is 0 Å². The molecule has 1 aromatic rings. The van der Waals surface area contributed by atoms with Crippen molar-refractivity contribution >= 4 is 65.0 Å². The summed E-state index contributed by atoms with van der Waals surface area (Å²) in [7, 11) is 0. The number of benzene rings is 1. The highest BCUT2D eigenvalue weighted by molar-refractivity contribution is 7.98. The first kappa shape index (κ1) is 51.7. The van der Waals surface area contributed by atoms with Gasteiger partial charge in [-0.05, 0) is 67.9 Å². The number of guanidine groups is 1. The smallest absolute Gasteiger partial charge is 0.326 e. The number of carboxylic acids is 1. The molecule has 0 bridgehead atoms. The van der Waals surface area contributed by atoms with Gasteiger partial charge in [-0.1, -0.05) is 58.0 Å². The van der Waals surface area contributed by atoms with Crippen molar-refractivity contribution in [3.63, 3.8) is 0 Å². The number of hydrogen-bond acceptors (Lipinski definition) is 11. The minimum Gasteiger partial charge on any atom is -0.480 e. The fourth-order valence-electron chi connectivity index (χ4n) is 6.63. The molecule has 0 radical (unpaired) electrons. The summed E-state index contributed by atoms with van der Waals surface area (Å²) in [6.45, 7) is 6.64. The molecule has 0 aromatic heterocycles. The lowest BCUT2D eigenvalue weighted by Crippen LogP contribution is -2.59. The molecule has 1 saturated heterocycles. The molecule has 21 heteroatoms. The molecule has 0 unspecified atom stereocenters. The third kappa shape index (κ3) is 18.4. The van der Waals surface area contributed by atoms with Crippen LogP contribution in [0.4, 0.5) is 0 Å². The van der Waals surface area contributed by atoms with Gasteiger partial charge in [0, 0.05) is 19.5 Å². The Morgan fingerprint density at radius 1 is 0.836 bits per heavy atom. The van der Waals surface area contributed by atoms with Crippen molar-refractivity contribution in [3.8, 4) is 0 Å². The van der Waals surface area contributed by atoms with Crippen LogP contribution in [0, 0.1) is 11.8 Å². The summed E-state index contributed by atoms with van der Waals surface area (Å²) < 4.78 is 0. The van der Waals surface area contributed by atoms with Crippen molar-refractivity contribution in [1.82, 2.24) is 36.8 Å². The van der Waals surface area contributed by atoms with Crippen molar-refractivity contribution in [2.45, 2.75) is 109 Å². The van der Waals surface area contributed by atoms with E-state index in [1.807, 2.05) is 20.1 Å². The van der Waals surface area contributed by atoms with Gasteiger partial charge in [0.2, 0.25) is 41.4 Å². The van der Waals surface area contributed by atoms with Gasteiger partial charge in [-0.25, -0.2) is 4.79 Å². The van der Waals surface area contributed by atoms with Gasteiger partial charge in [-0.3, -0.25) is 38.6 Å². The average molecular weight is 876 g/mol. The van der Waals surface area contributed by atoms with Gasteiger partial charge in [0.05, 0.1) is 13.1 Å². The zero-order valence-corrected chi connectivity index (χ0v) is 36.6. The van der Waals surface area contributed by atoms with E-state index in [0.717, 1.165) is 0 Å². The Bertz CT molecular complexity index is 1680. The highest BCUT2D eigenvalue weighted by Crippen LogP contribution is 2.20. The maximum atomic E-state index is 13.9. The van der Waals surface area contributed by atoms with Crippen LogP contribution in [0.15, 0.2) is 35.3 Å². The SMILES string of the molecule is CSCC[C@H](NC(=O)CN)C(=O)N1CCC[C@H]1C(=O)NCC(=O)N[C@H](C(=O)N[C@@H](CC(C)C)C(=O)N[C@@H](CCCN=C(N)N)C(=O)N[C@@H](Cc1ccccc1)C(=O)O)C(C)C. The lowest BCUT2D eigenvalue weighted by Gasteiger charge is -2.29. The first-order valence-corrected chi connectivity index (χ1v) is 21.9. The van der Waals surface area contributed by atoms with Crippen molar-refractivity contribution < 1.29 is 43.5 Å². The van der Waals surface area contributed by atoms with Crippen molar-refractivity contribution in [1.29, 1.82) is 0 Å². The predicted octanol–water partition coefficient (Wildman–Crippen LogP) is -1.69. The van der Waals surface area contributed by atoms with E-state index in [1.165, 1.54) is 16.7 Å². The summed E-state index contributed by atoms with van der Waals surface area (Å²) in [4.78, 5) is 111. The van der Waals surface area contributed by atoms with E-state index in [0.29, 0.717) is 37.1 Å². The lowest BCUT2D eigenvalue weighted by molar-refractivity contribution is -0.142. The summed E-state index contributed by atoms with van der Waals surface area (Å²) in [5.41, 5.74) is 17.0. The van der Waals surface area contributed by atoms with E-state index in [9.17, 15) is 43.5 Å². The monoisotopic (exact) mass is 875 g/mol. The first-order chi connectivity index (χ1) is 28.9. The number of carbonyl (C=O) groups is 8. The number of aliphatic imine (C=N–C) groups is 1. The van der Waals surface area contributed by atoms with Crippen molar-refractivity contribution in [2.75, 3.05) is 38.2 Å². The highest BCUT2D eigenvalue weighted by atomic mass is 32.2. The number of aliphatic carboxylic acids is 1.